The summed E-state index contributed by atoms with van der Waals surface area (Å²) in [5.41, 5.74) is 5.24. The van der Waals surface area contributed by atoms with Gasteiger partial charge in [0.1, 0.15) is 0 Å². The van der Waals surface area contributed by atoms with E-state index in [2.05, 4.69) is 5.32 Å². The molecule has 3 aromatic rings. The second-order valence-electron chi connectivity index (χ2n) is 10.4. The predicted octanol–water partition coefficient (Wildman–Crippen LogP) is 5.70. The highest BCUT2D eigenvalue weighted by Crippen LogP contribution is 2.47. The van der Waals surface area contributed by atoms with Gasteiger partial charge in [0.05, 0.1) is 12.0 Å². The minimum absolute atomic E-state index is 0.0604. The molecule has 0 aromatic heterocycles. The lowest BCUT2D eigenvalue weighted by molar-refractivity contribution is -0.149. The summed E-state index contributed by atoms with van der Waals surface area (Å²) in [6.45, 7) is 0.602. The Kier molecular flexibility index (Phi) is 7.65. The average Bonchev–Trinajstić information content (AvgIpc) is 3.75. The van der Waals surface area contributed by atoms with E-state index in [1.165, 1.54) is 11.0 Å². The fraction of sp³-hybridized carbons (Fsp3) is 0.323. The first-order chi connectivity index (χ1) is 19.1. The number of carbonyl (C=O) groups excluding carboxylic acids is 2. The van der Waals surface area contributed by atoms with Crippen LogP contribution in [0.15, 0.2) is 66.7 Å². The Morgan fingerprint density at radius 2 is 1.75 bits per heavy atom. The molecule has 2 aliphatic rings. The molecule has 1 saturated carbocycles. The minimum Gasteiger partial charge on any atom is -0.478 e. The Bertz CT molecular complexity index is 1440. The molecule has 1 heterocycles. The van der Waals surface area contributed by atoms with Crippen LogP contribution in [0, 0.1) is 5.92 Å². The van der Waals surface area contributed by atoms with E-state index in [4.69, 9.17) is 0 Å². The quantitative estimate of drug-likeness (QED) is 0.377. The van der Waals surface area contributed by atoms with Gasteiger partial charge in [-0.1, -0.05) is 54.6 Å². The van der Waals surface area contributed by atoms with Crippen LogP contribution in [0.1, 0.15) is 57.8 Å². The van der Waals surface area contributed by atoms with E-state index in [1.54, 1.807) is 18.2 Å². The van der Waals surface area contributed by atoms with Crippen molar-refractivity contribution in [2.75, 3.05) is 6.54 Å². The van der Waals surface area contributed by atoms with Crippen LogP contribution < -0.4 is 5.32 Å². The second-order valence-corrected chi connectivity index (χ2v) is 10.4. The first-order valence-corrected chi connectivity index (χ1v) is 13.3. The lowest BCUT2D eigenvalue weighted by Crippen LogP contribution is -2.37. The van der Waals surface area contributed by atoms with Crippen LogP contribution >= 0.6 is 0 Å². The number of hydrogen-bond donors (Lipinski definition) is 2. The summed E-state index contributed by atoms with van der Waals surface area (Å²) in [7, 11) is 0. The van der Waals surface area contributed by atoms with Crippen LogP contribution in [0.5, 0.6) is 0 Å². The largest absolute Gasteiger partial charge is 0.478 e. The maximum Gasteiger partial charge on any atom is 0.389 e. The lowest BCUT2D eigenvalue weighted by Gasteiger charge is -2.32. The predicted molar refractivity (Wildman–Crippen MR) is 142 cm³/mol. The molecule has 40 heavy (non-hydrogen) atoms. The molecule has 9 heteroatoms. The molecule has 2 N–H and O–H groups in total. The molecular weight excluding hydrogens is 521 g/mol. The molecule has 0 spiro atoms. The summed E-state index contributed by atoms with van der Waals surface area (Å²) in [6, 6.07) is 20.1. The maximum absolute atomic E-state index is 12.9. The molecule has 0 saturated heterocycles. The SMILES string of the molecule is O=C(O)c1cccc(-c2ccc(CNC(=O)[C@@H]3C[C@H]3c3ccccc3)c3c2CCN(C(=O)CCC(F)(F)F)C3)c1. The zero-order valence-corrected chi connectivity index (χ0v) is 21.7. The van der Waals surface area contributed by atoms with Gasteiger partial charge in [-0.3, -0.25) is 9.59 Å². The van der Waals surface area contributed by atoms with Gasteiger partial charge < -0.3 is 15.3 Å². The first kappa shape index (κ1) is 27.4. The number of nitrogens with one attached hydrogen (secondary N) is 1. The number of rotatable bonds is 8. The number of alkyl halides is 3. The van der Waals surface area contributed by atoms with E-state index < -0.39 is 30.9 Å². The van der Waals surface area contributed by atoms with Crippen LogP contribution in [-0.4, -0.2) is 40.5 Å². The normalized spacial score (nSPS) is 18.1. The van der Waals surface area contributed by atoms with Gasteiger partial charge in [-0.15, -0.1) is 0 Å². The minimum atomic E-state index is -4.42. The van der Waals surface area contributed by atoms with Crippen molar-refractivity contribution in [3.8, 4) is 11.1 Å². The fourth-order valence-corrected chi connectivity index (χ4v) is 5.48. The Morgan fingerprint density at radius 1 is 0.975 bits per heavy atom. The van der Waals surface area contributed by atoms with Crippen molar-refractivity contribution < 1.29 is 32.7 Å². The molecule has 1 aliphatic heterocycles. The number of carbonyl (C=O) groups is 3. The number of aromatic carboxylic acids is 1. The number of benzene rings is 3. The van der Waals surface area contributed by atoms with Crippen LogP contribution in [-0.2, 0) is 29.1 Å². The third-order valence-electron chi connectivity index (χ3n) is 7.71. The third-order valence-corrected chi connectivity index (χ3v) is 7.71. The van der Waals surface area contributed by atoms with Crippen molar-refractivity contribution in [2.24, 2.45) is 5.92 Å². The van der Waals surface area contributed by atoms with Crippen molar-refractivity contribution in [1.82, 2.24) is 10.2 Å². The molecule has 1 aliphatic carbocycles. The summed E-state index contributed by atoms with van der Waals surface area (Å²) < 4.78 is 38.2. The van der Waals surface area contributed by atoms with Crippen molar-refractivity contribution >= 4 is 17.8 Å². The molecule has 3 aromatic carbocycles. The maximum atomic E-state index is 12.9. The molecule has 1 fully saturated rings. The number of carboxylic acid groups (broad SMARTS) is 1. The topological polar surface area (TPSA) is 86.7 Å². The summed E-state index contributed by atoms with van der Waals surface area (Å²) in [5, 5.41) is 12.5. The molecular formula is C31H29F3N2O4. The molecule has 0 radical (unpaired) electrons. The summed E-state index contributed by atoms with van der Waals surface area (Å²) in [6.07, 6.45) is -5.03. The highest BCUT2D eigenvalue weighted by atomic mass is 19.4. The number of fused-ring (bicyclic) bond motifs is 1. The summed E-state index contributed by atoms with van der Waals surface area (Å²) >= 11 is 0. The highest BCUT2D eigenvalue weighted by molar-refractivity contribution is 5.90. The van der Waals surface area contributed by atoms with Crippen LogP contribution in [0.3, 0.4) is 0 Å². The van der Waals surface area contributed by atoms with Crippen LogP contribution in [0.4, 0.5) is 13.2 Å². The Balaban J connectivity index is 1.38. The molecule has 5 rings (SSSR count). The number of carboxylic acids is 1. The zero-order valence-electron chi connectivity index (χ0n) is 21.7. The van der Waals surface area contributed by atoms with E-state index in [9.17, 15) is 32.7 Å². The Hall–Kier alpha value is -4.14. The van der Waals surface area contributed by atoms with E-state index in [0.29, 0.717) is 12.0 Å². The number of hydrogen-bond acceptors (Lipinski definition) is 3. The zero-order chi connectivity index (χ0) is 28.4. The number of amides is 2. The molecule has 2 amide bonds. The van der Waals surface area contributed by atoms with Gasteiger partial charge in [-0.2, -0.15) is 13.2 Å². The summed E-state index contributed by atoms with van der Waals surface area (Å²) in [5.74, 6) is -1.61. The van der Waals surface area contributed by atoms with Gasteiger partial charge in [0, 0.05) is 32.0 Å². The monoisotopic (exact) mass is 550 g/mol. The molecule has 208 valence electrons. The first-order valence-electron chi connectivity index (χ1n) is 13.3. The van der Waals surface area contributed by atoms with Crippen LogP contribution in [0.2, 0.25) is 0 Å². The van der Waals surface area contributed by atoms with Gasteiger partial charge in [-0.25, -0.2) is 4.79 Å². The van der Waals surface area contributed by atoms with E-state index >= 15 is 0 Å². The summed E-state index contributed by atoms with van der Waals surface area (Å²) in [4.78, 5) is 38.6. The molecule has 0 unspecified atom stereocenters. The molecule has 0 bridgehead atoms. The van der Waals surface area contributed by atoms with Crippen molar-refractivity contribution in [3.63, 3.8) is 0 Å². The van der Waals surface area contributed by atoms with Crippen LogP contribution in [0.25, 0.3) is 11.1 Å². The standard InChI is InChI=1S/C31H29F3N2O4/c32-31(33,34)13-11-28(37)36-14-12-24-23(20-7-4-8-21(15-20)30(39)40)10-9-22(27(24)18-36)17-35-29(38)26-16-25(26)19-5-2-1-3-6-19/h1-10,15,25-26H,11-14,16-18H2,(H,35,38)(H,39,40)/t25-,26+/m0/s1. The highest BCUT2D eigenvalue weighted by Gasteiger charge is 2.43. The van der Waals surface area contributed by atoms with Gasteiger partial charge in [0.25, 0.3) is 0 Å². The van der Waals surface area contributed by atoms with E-state index in [-0.39, 0.29) is 42.9 Å². The van der Waals surface area contributed by atoms with Crippen molar-refractivity contribution in [2.45, 2.75) is 50.9 Å². The number of nitrogens with zero attached hydrogens (tertiary/aromatic N) is 1. The average molecular weight is 551 g/mol. The van der Waals surface area contributed by atoms with Gasteiger partial charge in [-0.05, 0) is 64.3 Å². The molecule has 6 nitrogen and oxygen atoms in total. The fourth-order valence-electron chi connectivity index (χ4n) is 5.48. The van der Waals surface area contributed by atoms with Gasteiger partial charge >= 0.3 is 12.1 Å². The van der Waals surface area contributed by atoms with Gasteiger partial charge in [0.2, 0.25) is 11.8 Å². The lowest BCUT2D eigenvalue weighted by atomic mass is 9.87. The Labute approximate surface area is 229 Å². The number of halogens is 3. The smallest absolute Gasteiger partial charge is 0.389 e. The third kappa shape index (κ3) is 6.19. The van der Waals surface area contributed by atoms with Crippen molar-refractivity contribution in [1.29, 1.82) is 0 Å². The van der Waals surface area contributed by atoms with E-state index in [1.807, 2.05) is 42.5 Å². The van der Waals surface area contributed by atoms with Gasteiger partial charge in [0.15, 0.2) is 0 Å². The Morgan fingerprint density at radius 3 is 2.48 bits per heavy atom. The van der Waals surface area contributed by atoms with Crippen molar-refractivity contribution in [3.05, 3.63) is 94.5 Å². The van der Waals surface area contributed by atoms with E-state index in [0.717, 1.165) is 34.2 Å². The molecule has 2 atom stereocenters. The second kappa shape index (κ2) is 11.2.